The van der Waals surface area contributed by atoms with Gasteiger partial charge in [-0.05, 0) is 18.6 Å². The molecule has 1 saturated heterocycles. The van der Waals surface area contributed by atoms with Crippen molar-refractivity contribution in [2.45, 2.75) is 12.8 Å². The summed E-state index contributed by atoms with van der Waals surface area (Å²) in [6, 6.07) is 9.22. The van der Waals surface area contributed by atoms with Crippen LogP contribution in [0.15, 0.2) is 30.3 Å². The first-order valence-electron chi connectivity index (χ1n) is 6.13. The molecule has 4 N–H and O–H groups in total. The van der Waals surface area contributed by atoms with Crippen molar-refractivity contribution in [1.29, 1.82) is 0 Å². The van der Waals surface area contributed by atoms with Gasteiger partial charge in [-0.3, -0.25) is 9.59 Å². The maximum atomic E-state index is 10.7. The average Bonchev–Trinajstić information content (AvgIpc) is 2.87. The van der Waals surface area contributed by atoms with Crippen molar-refractivity contribution in [3.63, 3.8) is 0 Å². The topological polar surface area (TPSA) is 113 Å². The summed E-state index contributed by atoms with van der Waals surface area (Å²) >= 11 is 0. The van der Waals surface area contributed by atoms with E-state index in [2.05, 4.69) is 5.32 Å². The highest BCUT2D eigenvalue weighted by atomic mass is 16.4. The number of para-hydroxylation sites is 1. The van der Waals surface area contributed by atoms with Crippen LogP contribution in [0.2, 0.25) is 0 Å². The SMILES string of the molecule is NCC(=O)Nc1ccccc1.O=C(O)N1CCCC1=O. The number of anilines is 1. The normalized spacial score (nSPS) is 13.4. The molecule has 1 aliphatic heterocycles. The monoisotopic (exact) mass is 279 g/mol. The molecule has 7 nitrogen and oxygen atoms in total. The molecular formula is C13H17N3O4. The lowest BCUT2D eigenvalue weighted by molar-refractivity contribution is -0.125. The molecule has 1 fully saturated rings. The van der Waals surface area contributed by atoms with Gasteiger partial charge in [-0.25, -0.2) is 9.69 Å². The van der Waals surface area contributed by atoms with E-state index in [-0.39, 0.29) is 18.4 Å². The molecule has 3 amide bonds. The summed E-state index contributed by atoms with van der Waals surface area (Å²) in [6.07, 6.45) is -0.0743. The molecule has 0 saturated carbocycles. The third-order valence-corrected chi connectivity index (χ3v) is 2.55. The van der Waals surface area contributed by atoms with Crippen molar-refractivity contribution in [1.82, 2.24) is 4.90 Å². The van der Waals surface area contributed by atoms with E-state index in [0.29, 0.717) is 19.4 Å². The number of amides is 3. The van der Waals surface area contributed by atoms with Gasteiger partial charge in [0.1, 0.15) is 0 Å². The highest BCUT2D eigenvalue weighted by molar-refractivity contribution is 5.92. The van der Waals surface area contributed by atoms with E-state index in [4.69, 9.17) is 10.8 Å². The molecule has 0 bridgehead atoms. The zero-order chi connectivity index (χ0) is 15.0. The zero-order valence-corrected chi connectivity index (χ0v) is 10.9. The fourth-order valence-corrected chi connectivity index (χ4v) is 1.58. The summed E-state index contributed by atoms with van der Waals surface area (Å²) in [4.78, 5) is 32.3. The number of carbonyl (C=O) groups excluding carboxylic acids is 2. The number of hydrogen-bond acceptors (Lipinski definition) is 4. The number of nitrogens with zero attached hydrogens (tertiary/aromatic N) is 1. The van der Waals surface area contributed by atoms with Crippen molar-refractivity contribution >= 4 is 23.6 Å². The number of imide groups is 1. The van der Waals surface area contributed by atoms with Crippen molar-refractivity contribution in [2.24, 2.45) is 5.73 Å². The average molecular weight is 279 g/mol. The van der Waals surface area contributed by atoms with Crippen LogP contribution in [0, 0.1) is 0 Å². The number of rotatable bonds is 2. The molecular weight excluding hydrogens is 262 g/mol. The molecule has 0 atom stereocenters. The van der Waals surface area contributed by atoms with Crippen LogP contribution < -0.4 is 11.1 Å². The largest absolute Gasteiger partial charge is 0.465 e. The first kappa shape index (κ1) is 15.6. The molecule has 0 aromatic heterocycles. The number of nitrogens with one attached hydrogen (secondary N) is 1. The molecule has 2 rings (SSSR count). The Hall–Kier alpha value is -2.41. The smallest absolute Gasteiger partial charge is 0.414 e. The lowest BCUT2D eigenvalue weighted by Gasteiger charge is -2.05. The Bertz CT molecular complexity index is 476. The Morgan fingerprint density at radius 3 is 2.35 bits per heavy atom. The van der Waals surface area contributed by atoms with E-state index in [9.17, 15) is 14.4 Å². The van der Waals surface area contributed by atoms with Crippen LogP contribution in [0.1, 0.15) is 12.8 Å². The Morgan fingerprint density at radius 1 is 1.30 bits per heavy atom. The van der Waals surface area contributed by atoms with Crippen molar-refractivity contribution < 1.29 is 19.5 Å². The Kier molecular flexibility index (Phi) is 6.18. The van der Waals surface area contributed by atoms with Gasteiger partial charge < -0.3 is 16.2 Å². The van der Waals surface area contributed by atoms with Crippen molar-refractivity contribution in [3.8, 4) is 0 Å². The van der Waals surface area contributed by atoms with E-state index in [0.717, 1.165) is 10.6 Å². The second-order valence-electron chi connectivity index (χ2n) is 4.05. The highest BCUT2D eigenvalue weighted by Crippen LogP contribution is 2.08. The van der Waals surface area contributed by atoms with Crippen molar-refractivity contribution in [2.75, 3.05) is 18.4 Å². The minimum absolute atomic E-state index is 0.0227. The van der Waals surface area contributed by atoms with E-state index in [1.165, 1.54) is 0 Å². The fraction of sp³-hybridized carbons (Fsp3) is 0.308. The van der Waals surface area contributed by atoms with Crippen LogP contribution in [-0.2, 0) is 9.59 Å². The zero-order valence-electron chi connectivity index (χ0n) is 10.9. The highest BCUT2D eigenvalue weighted by Gasteiger charge is 2.25. The molecule has 20 heavy (non-hydrogen) atoms. The molecule has 1 aromatic rings. The number of carbonyl (C=O) groups is 3. The van der Waals surface area contributed by atoms with Crippen molar-refractivity contribution in [3.05, 3.63) is 30.3 Å². The van der Waals surface area contributed by atoms with Crippen LogP contribution in [0.5, 0.6) is 0 Å². The molecule has 1 heterocycles. The number of nitrogens with two attached hydrogens (primary N) is 1. The minimum Gasteiger partial charge on any atom is -0.465 e. The van der Waals surface area contributed by atoms with Gasteiger partial charge in [0.25, 0.3) is 0 Å². The predicted molar refractivity (Wildman–Crippen MR) is 73.1 cm³/mol. The maximum Gasteiger partial charge on any atom is 0.414 e. The van der Waals surface area contributed by atoms with E-state index in [1.54, 1.807) is 0 Å². The summed E-state index contributed by atoms with van der Waals surface area (Å²) in [7, 11) is 0. The number of carboxylic acid groups (broad SMARTS) is 1. The molecule has 0 spiro atoms. The van der Waals surface area contributed by atoms with Gasteiger partial charge >= 0.3 is 6.09 Å². The van der Waals surface area contributed by atoms with Crippen LogP contribution >= 0.6 is 0 Å². The third-order valence-electron chi connectivity index (χ3n) is 2.55. The summed E-state index contributed by atoms with van der Waals surface area (Å²) in [5.74, 6) is -0.446. The van der Waals surface area contributed by atoms with Gasteiger partial charge in [-0.1, -0.05) is 18.2 Å². The maximum absolute atomic E-state index is 10.7. The number of likely N-dealkylation sites (tertiary alicyclic amines) is 1. The third kappa shape index (κ3) is 5.07. The fourth-order valence-electron chi connectivity index (χ4n) is 1.58. The first-order chi connectivity index (χ1) is 9.54. The quantitative estimate of drug-likeness (QED) is 0.743. The minimum atomic E-state index is -1.13. The number of benzene rings is 1. The van der Waals surface area contributed by atoms with Gasteiger partial charge in [0.2, 0.25) is 11.8 Å². The van der Waals surface area contributed by atoms with Crippen LogP contribution in [0.4, 0.5) is 10.5 Å². The summed E-state index contributed by atoms with van der Waals surface area (Å²) in [6.45, 7) is 0.392. The van der Waals surface area contributed by atoms with Gasteiger partial charge in [0, 0.05) is 18.7 Å². The molecule has 1 aromatic carbocycles. The van der Waals surface area contributed by atoms with Crippen LogP contribution in [-0.4, -0.2) is 41.0 Å². The van der Waals surface area contributed by atoms with Crippen LogP contribution in [0.3, 0.4) is 0 Å². The van der Waals surface area contributed by atoms with E-state index >= 15 is 0 Å². The molecule has 1 aliphatic rings. The van der Waals surface area contributed by atoms with Gasteiger partial charge in [0.15, 0.2) is 0 Å². The van der Waals surface area contributed by atoms with Gasteiger partial charge in [-0.2, -0.15) is 0 Å². The van der Waals surface area contributed by atoms with Crippen LogP contribution in [0.25, 0.3) is 0 Å². The standard InChI is InChI=1S/C8H10N2O.C5H7NO3/c9-6-8(11)10-7-4-2-1-3-5-7;7-4-2-1-3-6(4)5(8)9/h1-5H,6,9H2,(H,10,11);1-3H2,(H,8,9). The van der Waals surface area contributed by atoms with Gasteiger partial charge in [0.05, 0.1) is 6.54 Å². The summed E-state index contributed by atoms with van der Waals surface area (Å²) in [5, 5.41) is 10.9. The second kappa shape index (κ2) is 7.90. The first-order valence-corrected chi connectivity index (χ1v) is 6.13. The Balaban J connectivity index is 0.000000204. The van der Waals surface area contributed by atoms with E-state index < -0.39 is 6.09 Å². The van der Waals surface area contributed by atoms with E-state index in [1.807, 2.05) is 30.3 Å². The molecule has 7 heteroatoms. The predicted octanol–water partition coefficient (Wildman–Crippen LogP) is 0.871. The van der Waals surface area contributed by atoms with Gasteiger partial charge in [-0.15, -0.1) is 0 Å². The number of hydrogen-bond donors (Lipinski definition) is 3. The lowest BCUT2D eigenvalue weighted by Crippen LogP contribution is -2.29. The summed E-state index contributed by atoms with van der Waals surface area (Å²) < 4.78 is 0. The molecule has 0 radical (unpaired) electrons. The molecule has 0 aliphatic carbocycles. The molecule has 108 valence electrons. The molecule has 0 unspecified atom stereocenters. The Morgan fingerprint density at radius 2 is 1.95 bits per heavy atom. The second-order valence-corrected chi connectivity index (χ2v) is 4.05. The summed E-state index contributed by atoms with van der Waals surface area (Å²) in [5.41, 5.74) is 5.89. The lowest BCUT2D eigenvalue weighted by atomic mass is 10.3. The Labute approximate surface area is 116 Å².